The number of aromatic nitrogens is 4. The molecule has 0 N–H and O–H groups in total. The van der Waals surface area contributed by atoms with Gasteiger partial charge in [0.2, 0.25) is 5.78 Å². The van der Waals surface area contributed by atoms with Crippen LogP contribution < -0.4 is 5.56 Å². The zero-order valence-electron chi connectivity index (χ0n) is 16.2. The lowest BCUT2D eigenvalue weighted by atomic mass is 10.2. The van der Waals surface area contributed by atoms with Crippen LogP contribution in [0.2, 0.25) is 0 Å². The van der Waals surface area contributed by atoms with Crippen LogP contribution >= 0.6 is 11.8 Å². The van der Waals surface area contributed by atoms with Gasteiger partial charge in [0.25, 0.3) is 5.56 Å². The quantitative estimate of drug-likeness (QED) is 0.378. The first-order chi connectivity index (χ1) is 15.1. The summed E-state index contributed by atoms with van der Waals surface area (Å²) in [5.74, 6) is -1.17. The van der Waals surface area contributed by atoms with Gasteiger partial charge in [-0.2, -0.15) is 0 Å². The van der Waals surface area contributed by atoms with E-state index in [-0.39, 0.29) is 16.9 Å². The third kappa shape index (κ3) is 3.48. The highest BCUT2D eigenvalue weighted by Gasteiger charge is 2.18. The summed E-state index contributed by atoms with van der Waals surface area (Å²) in [6.45, 7) is 0.343. The maximum absolute atomic E-state index is 14.1. The topological polar surface area (TPSA) is 52.2 Å². The molecule has 8 heteroatoms. The van der Waals surface area contributed by atoms with Gasteiger partial charge in [-0.1, -0.05) is 66.4 Å². The van der Waals surface area contributed by atoms with E-state index in [4.69, 9.17) is 0 Å². The maximum Gasteiger partial charge on any atom is 0.263 e. The standard InChI is InChI=1S/C23H16F2N4OS/c24-18-11-6-9-16(20(18)25)14-31-23-27-26-22-28(13-15-7-2-1-3-8-15)21(30)17-10-4-5-12-19(17)29(22)23/h1-12H,13-14H2. The molecule has 0 saturated carbocycles. The summed E-state index contributed by atoms with van der Waals surface area (Å²) in [6.07, 6.45) is 0. The summed E-state index contributed by atoms with van der Waals surface area (Å²) in [5.41, 5.74) is 1.70. The van der Waals surface area contributed by atoms with Gasteiger partial charge in [0.1, 0.15) is 0 Å². The number of para-hydroxylation sites is 1. The van der Waals surface area contributed by atoms with Crippen LogP contribution in [0.3, 0.4) is 0 Å². The summed E-state index contributed by atoms with van der Waals surface area (Å²) in [5, 5.41) is 9.55. The number of benzene rings is 3. The van der Waals surface area contributed by atoms with E-state index in [1.165, 1.54) is 23.9 Å². The van der Waals surface area contributed by atoms with Crippen molar-refractivity contribution in [1.82, 2.24) is 19.2 Å². The van der Waals surface area contributed by atoms with Crippen LogP contribution in [0, 0.1) is 11.6 Å². The number of nitrogens with zero attached hydrogens (tertiary/aromatic N) is 4. The molecule has 2 aromatic heterocycles. The van der Waals surface area contributed by atoms with Crippen molar-refractivity contribution in [2.24, 2.45) is 0 Å². The molecule has 0 unspecified atom stereocenters. The molecule has 5 aromatic rings. The van der Waals surface area contributed by atoms with Gasteiger partial charge in [0.15, 0.2) is 16.8 Å². The average molecular weight is 434 g/mol. The largest absolute Gasteiger partial charge is 0.272 e. The Morgan fingerprint density at radius 3 is 2.48 bits per heavy atom. The number of hydrogen-bond donors (Lipinski definition) is 0. The Hall–Kier alpha value is -3.52. The Morgan fingerprint density at radius 2 is 1.65 bits per heavy atom. The molecule has 5 rings (SSSR count). The lowest BCUT2D eigenvalue weighted by Gasteiger charge is -2.11. The minimum Gasteiger partial charge on any atom is -0.272 e. The fourth-order valence-corrected chi connectivity index (χ4v) is 4.45. The van der Waals surface area contributed by atoms with Gasteiger partial charge in [-0.3, -0.25) is 13.8 Å². The molecule has 0 atom stereocenters. The highest BCUT2D eigenvalue weighted by molar-refractivity contribution is 7.98. The predicted octanol–water partition coefficient (Wildman–Crippen LogP) is 4.66. The first kappa shape index (κ1) is 19.4. The van der Waals surface area contributed by atoms with E-state index in [9.17, 15) is 13.6 Å². The Bertz CT molecular complexity index is 1460. The van der Waals surface area contributed by atoms with Crippen LogP contribution in [-0.4, -0.2) is 19.2 Å². The molecule has 0 aliphatic carbocycles. The highest BCUT2D eigenvalue weighted by atomic mass is 32.2. The van der Waals surface area contributed by atoms with Gasteiger partial charge in [0, 0.05) is 11.3 Å². The van der Waals surface area contributed by atoms with E-state index in [0.29, 0.717) is 28.4 Å². The van der Waals surface area contributed by atoms with Crippen LogP contribution in [0.4, 0.5) is 8.78 Å². The first-order valence-corrected chi connectivity index (χ1v) is 10.6. The molecule has 5 nitrogen and oxygen atoms in total. The van der Waals surface area contributed by atoms with Gasteiger partial charge in [-0.25, -0.2) is 8.78 Å². The normalized spacial score (nSPS) is 11.4. The number of hydrogen-bond acceptors (Lipinski definition) is 4. The van der Waals surface area contributed by atoms with Crippen LogP contribution in [0.25, 0.3) is 16.7 Å². The van der Waals surface area contributed by atoms with Gasteiger partial charge >= 0.3 is 0 Å². The van der Waals surface area contributed by atoms with E-state index in [1.54, 1.807) is 15.0 Å². The summed E-state index contributed by atoms with van der Waals surface area (Å²) >= 11 is 1.24. The smallest absolute Gasteiger partial charge is 0.263 e. The monoisotopic (exact) mass is 434 g/mol. The van der Waals surface area contributed by atoms with Crippen molar-refractivity contribution in [3.05, 3.63) is 106 Å². The van der Waals surface area contributed by atoms with Crippen molar-refractivity contribution in [3.63, 3.8) is 0 Å². The molecular formula is C23H16F2N4OS. The van der Waals surface area contributed by atoms with Gasteiger partial charge in [-0.05, 0) is 23.8 Å². The van der Waals surface area contributed by atoms with Crippen LogP contribution in [-0.2, 0) is 12.3 Å². The second kappa shape index (κ2) is 7.96. The second-order valence-electron chi connectivity index (χ2n) is 7.01. The van der Waals surface area contributed by atoms with Crippen LogP contribution in [0.5, 0.6) is 0 Å². The molecule has 0 aliphatic rings. The second-order valence-corrected chi connectivity index (χ2v) is 7.96. The van der Waals surface area contributed by atoms with E-state index >= 15 is 0 Å². The van der Waals surface area contributed by atoms with Crippen molar-refractivity contribution >= 4 is 28.4 Å². The molecule has 0 amide bonds. The Morgan fingerprint density at radius 1 is 0.871 bits per heavy atom. The predicted molar refractivity (Wildman–Crippen MR) is 116 cm³/mol. The van der Waals surface area contributed by atoms with Crippen molar-refractivity contribution in [2.45, 2.75) is 17.5 Å². The molecular weight excluding hydrogens is 418 g/mol. The van der Waals surface area contributed by atoms with Crippen molar-refractivity contribution < 1.29 is 8.78 Å². The van der Waals surface area contributed by atoms with Crippen molar-refractivity contribution in [3.8, 4) is 0 Å². The van der Waals surface area contributed by atoms with E-state index in [0.717, 1.165) is 11.6 Å². The Labute approximate surface area is 180 Å². The minimum absolute atomic E-state index is 0.160. The van der Waals surface area contributed by atoms with Gasteiger partial charge in [-0.15, -0.1) is 10.2 Å². The summed E-state index contributed by atoms with van der Waals surface area (Å²) in [7, 11) is 0. The molecule has 31 heavy (non-hydrogen) atoms. The highest BCUT2D eigenvalue weighted by Crippen LogP contribution is 2.26. The molecule has 0 aliphatic heterocycles. The Kier molecular flexibility index (Phi) is 4.99. The molecule has 0 spiro atoms. The molecule has 2 heterocycles. The molecule has 0 radical (unpaired) electrons. The zero-order valence-corrected chi connectivity index (χ0v) is 17.0. The molecule has 0 saturated heterocycles. The maximum atomic E-state index is 14.1. The third-order valence-electron chi connectivity index (χ3n) is 5.05. The number of rotatable bonds is 5. The fourth-order valence-electron chi connectivity index (χ4n) is 3.54. The minimum atomic E-state index is -0.883. The number of halogens is 2. The van der Waals surface area contributed by atoms with E-state index in [1.807, 2.05) is 48.5 Å². The van der Waals surface area contributed by atoms with Crippen molar-refractivity contribution in [1.29, 1.82) is 0 Å². The van der Waals surface area contributed by atoms with Crippen molar-refractivity contribution in [2.75, 3.05) is 0 Å². The zero-order chi connectivity index (χ0) is 21.4. The number of thioether (sulfide) groups is 1. The lowest BCUT2D eigenvalue weighted by molar-refractivity contribution is 0.502. The van der Waals surface area contributed by atoms with E-state index < -0.39 is 11.6 Å². The summed E-state index contributed by atoms with van der Waals surface area (Å²) in [4.78, 5) is 13.2. The third-order valence-corrected chi connectivity index (χ3v) is 6.03. The van der Waals surface area contributed by atoms with Crippen LogP contribution in [0.1, 0.15) is 11.1 Å². The van der Waals surface area contributed by atoms with Crippen LogP contribution in [0.15, 0.2) is 82.7 Å². The molecule has 154 valence electrons. The van der Waals surface area contributed by atoms with Gasteiger partial charge in [0.05, 0.1) is 17.4 Å². The number of fused-ring (bicyclic) bond motifs is 3. The molecule has 0 bridgehead atoms. The summed E-state index contributed by atoms with van der Waals surface area (Å²) in [6, 6.07) is 21.0. The average Bonchev–Trinajstić information content (AvgIpc) is 3.22. The molecule has 3 aromatic carbocycles. The Balaban J connectivity index is 1.64. The van der Waals surface area contributed by atoms with Gasteiger partial charge < -0.3 is 0 Å². The molecule has 0 fully saturated rings. The first-order valence-electron chi connectivity index (χ1n) is 9.60. The fraction of sp³-hybridized carbons (Fsp3) is 0.0870. The lowest BCUT2D eigenvalue weighted by Crippen LogP contribution is -2.24. The SMILES string of the molecule is O=c1c2ccccc2n2c(SCc3cccc(F)c3F)nnc2n1Cc1ccccc1. The summed E-state index contributed by atoms with van der Waals surface area (Å²) < 4.78 is 31.0. The van der Waals surface area contributed by atoms with E-state index in [2.05, 4.69) is 10.2 Å².